The third kappa shape index (κ3) is 4.64. The molecule has 6 heteroatoms. The van der Waals surface area contributed by atoms with E-state index in [2.05, 4.69) is 15.3 Å². The second-order valence-electron chi connectivity index (χ2n) is 6.66. The first-order valence-corrected chi connectivity index (χ1v) is 9.69. The molecule has 0 radical (unpaired) electrons. The van der Waals surface area contributed by atoms with Crippen molar-refractivity contribution in [3.63, 3.8) is 0 Å². The lowest BCUT2D eigenvalue weighted by Crippen LogP contribution is -2.11. The molecule has 0 fully saturated rings. The zero-order chi connectivity index (χ0) is 20.9. The van der Waals surface area contributed by atoms with Crippen LogP contribution in [0.1, 0.15) is 15.9 Å². The highest BCUT2D eigenvalue weighted by molar-refractivity contribution is 6.30. The SMILES string of the molecule is Cc1ccccc1-c1cnc(Oc2ccc(C(=O)Nc3ccc(Cl)cc3)cc2)nc1. The molecule has 0 unspecified atom stereocenters. The van der Waals surface area contributed by atoms with E-state index in [0.717, 1.165) is 16.7 Å². The van der Waals surface area contributed by atoms with Crippen LogP contribution in [0.15, 0.2) is 85.2 Å². The number of anilines is 1. The molecule has 4 aromatic rings. The van der Waals surface area contributed by atoms with E-state index in [-0.39, 0.29) is 11.9 Å². The molecule has 1 aromatic heterocycles. The fourth-order valence-corrected chi connectivity index (χ4v) is 3.05. The van der Waals surface area contributed by atoms with E-state index in [1.807, 2.05) is 31.2 Å². The van der Waals surface area contributed by atoms with Gasteiger partial charge in [-0.25, -0.2) is 9.97 Å². The average molecular weight is 416 g/mol. The van der Waals surface area contributed by atoms with Crippen LogP contribution in [0.5, 0.6) is 11.8 Å². The van der Waals surface area contributed by atoms with Gasteiger partial charge in [0.15, 0.2) is 0 Å². The van der Waals surface area contributed by atoms with Gasteiger partial charge in [0.1, 0.15) is 5.75 Å². The number of nitrogens with one attached hydrogen (secondary N) is 1. The van der Waals surface area contributed by atoms with E-state index >= 15 is 0 Å². The number of ether oxygens (including phenoxy) is 1. The zero-order valence-electron chi connectivity index (χ0n) is 16.2. The molecule has 0 bridgehead atoms. The Kier molecular flexibility index (Phi) is 5.72. The standard InChI is InChI=1S/C24H18ClN3O2/c1-16-4-2-3-5-22(16)18-14-26-24(27-15-18)30-21-12-6-17(7-13-21)23(29)28-20-10-8-19(25)9-11-20/h2-15H,1H3,(H,28,29). The Morgan fingerprint density at radius 1 is 0.900 bits per heavy atom. The second-order valence-corrected chi connectivity index (χ2v) is 7.09. The normalized spacial score (nSPS) is 10.5. The van der Waals surface area contributed by atoms with Gasteiger partial charge in [-0.15, -0.1) is 0 Å². The molecule has 0 saturated heterocycles. The first-order chi connectivity index (χ1) is 14.6. The molecule has 148 valence electrons. The van der Waals surface area contributed by atoms with Crippen LogP contribution in [0.25, 0.3) is 11.1 Å². The largest absolute Gasteiger partial charge is 0.424 e. The molecule has 30 heavy (non-hydrogen) atoms. The van der Waals surface area contributed by atoms with Crippen molar-refractivity contribution in [2.45, 2.75) is 6.92 Å². The van der Waals surface area contributed by atoms with Crippen molar-refractivity contribution in [2.24, 2.45) is 0 Å². The summed E-state index contributed by atoms with van der Waals surface area (Å²) in [5.74, 6) is 0.324. The van der Waals surface area contributed by atoms with Crippen LogP contribution in [0.4, 0.5) is 5.69 Å². The number of rotatable bonds is 5. The molecular weight excluding hydrogens is 398 g/mol. The Morgan fingerprint density at radius 3 is 2.23 bits per heavy atom. The number of carbonyl (C=O) groups excluding carboxylic acids is 1. The minimum absolute atomic E-state index is 0.220. The summed E-state index contributed by atoms with van der Waals surface area (Å²) in [6.07, 6.45) is 3.47. The molecule has 4 rings (SSSR count). The van der Waals surface area contributed by atoms with Crippen molar-refractivity contribution in [1.29, 1.82) is 0 Å². The summed E-state index contributed by atoms with van der Waals surface area (Å²) >= 11 is 5.86. The highest BCUT2D eigenvalue weighted by Crippen LogP contribution is 2.24. The van der Waals surface area contributed by atoms with Crippen molar-refractivity contribution in [1.82, 2.24) is 9.97 Å². The Bertz CT molecular complexity index is 1160. The molecule has 0 spiro atoms. The maximum absolute atomic E-state index is 12.4. The monoisotopic (exact) mass is 415 g/mol. The van der Waals surface area contributed by atoms with E-state index in [1.165, 1.54) is 0 Å². The minimum atomic E-state index is -0.220. The molecular formula is C24H18ClN3O2. The maximum atomic E-state index is 12.4. The Labute approximate surface area is 179 Å². The number of aromatic nitrogens is 2. The number of hydrogen-bond acceptors (Lipinski definition) is 4. The van der Waals surface area contributed by atoms with Gasteiger partial charge in [0.25, 0.3) is 5.91 Å². The number of benzene rings is 3. The molecule has 0 aliphatic rings. The van der Waals surface area contributed by atoms with Gasteiger partial charge in [-0.05, 0) is 66.6 Å². The van der Waals surface area contributed by atoms with Gasteiger partial charge in [-0.3, -0.25) is 4.79 Å². The van der Waals surface area contributed by atoms with Gasteiger partial charge >= 0.3 is 6.01 Å². The molecule has 0 aliphatic heterocycles. The van der Waals surface area contributed by atoms with E-state index in [1.54, 1.807) is 60.9 Å². The van der Waals surface area contributed by atoms with Crippen LogP contribution in [0.2, 0.25) is 5.02 Å². The third-order valence-corrected chi connectivity index (χ3v) is 4.76. The smallest absolute Gasteiger partial charge is 0.321 e. The summed E-state index contributed by atoms with van der Waals surface area (Å²) in [7, 11) is 0. The third-order valence-electron chi connectivity index (χ3n) is 4.51. The first-order valence-electron chi connectivity index (χ1n) is 9.31. The summed E-state index contributed by atoms with van der Waals surface area (Å²) in [5, 5.41) is 3.43. The molecule has 0 saturated carbocycles. The quantitative estimate of drug-likeness (QED) is 0.424. The van der Waals surface area contributed by atoms with Crippen LogP contribution < -0.4 is 10.1 Å². The van der Waals surface area contributed by atoms with Crippen LogP contribution in [-0.2, 0) is 0 Å². The predicted molar refractivity (Wildman–Crippen MR) is 118 cm³/mol. The maximum Gasteiger partial charge on any atom is 0.321 e. The fourth-order valence-electron chi connectivity index (χ4n) is 2.92. The van der Waals surface area contributed by atoms with Crippen molar-refractivity contribution in [2.75, 3.05) is 5.32 Å². The van der Waals surface area contributed by atoms with Gasteiger partial charge in [0.2, 0.25) is 0 Å². The molecule has 1 N–H and O–H groups in total. The summed E-state index contributed by atoms with van der Waals surface area (Å²) < 4.78 is 5.70. The number of hydrogen-bond donors (Lipinski definition) is 1. The summed E-state index contributed by atoms with van der Waals surface area (Å²) in [5.41, 5.74) is 4.34. The van der Waals surface area contributed by atoms with E-state index in [9.17, 15) is 4.79 Å². The van der Waals surface area contributed by atoms with Gasteiger partial charge in [0, 0.05) is 34.2 Å². The Hall–Kier alpha value is -3.70. The summed E-state index contributed by atoms with van der Waals surface area (Å²) in [6.45, 7) is 2.05. The molecule has 1 amide bonds. The molecule has 0 aliphatic carbocycles. The van der Waals surface area contributed by atoms with E-state index < -0.39 is 0 Å². The Balaban J connectivity index is 1.41. The first kappa shape index (κ1) is 19.6. The zero-order valence-corrected chi connectivity index (χ0v) is 16.9. The Morgan fingerprint density at radius 2 is 1.57 bits per heavy atom. The predicted octanol–water partition coefficient (Wildman–Crippen LogP) is 6.15. The molecule has 1 heterocycles. The van der Waals surface area contributed by atoms with Crippen LogP contribution in [0, 0.1) is 6.92 Å². The van der Waals surface area contributed by atoms with Crippen molar-refractivity contribution in [3.05, 3.63) is 101 Å². The molecule has 0 atom stereocenters. The van der Waals surface area contributed by atoms with Crippen LogP contribution in [0.3, 0.4) is 0 Å². The summed E-state index contributed by atoms with van der Waals surface area (Å²) in [4.78, 5) is 20.9. The lowest BCUT2D eigenvalue weighted by molar-refractivity contribution is 0.102. The van der Waals surface area contributed by atoms with Crippen molar-refractivity contribution >= 4 is 23.2 Å². The number of halogens is 1. The minimum Gasteiger partial charge on any atom is -0.424 e. The lowest BCUT2D eigenvalue weighted by Gasteiger charge is -2.08. The van der Waals surface area contributed by atoms with Gasteiger partial charge < -0.3 is 10.1 Å². The second kappa shape index (κ2) is 8.76. The van der Waals surface area contributed by atoms with Crippen LogP contribution >= 0.6 is 11.6 Å². The number of amides is 1. The summed E-state index contributed by atoms with van der Waals surface area (Å²) in [6, 6.07) is 22.0. The molecule has 3 aromatic carbocycles. The van der Waals surface area contributed by atoms with Crippen molar-refractivity contribution in [3.8, 4) is 22.9 Å². The fraction of sp³-hybridized carbons (Fsp3) is 0.0417. The van der Waals surface area contributed by atoms with Crippen LogP contribution in [-0.4, -0.2) is 15.9 Å². The van der Waals surface area contributed by atoms with E-state index in [4.69, 9.17) is 16.3 Å². The van der Waals surface area contributed by atoms with Gasteiger partial charge in [0.05, 0.1) is 0 Å². The lowest BCUT2D eigenvalue weighted by atomic mass is 10.0. The number of nitrogens with zero attached hydrogens (tertiary/aromatic N) is 2. The van der Waals surface area contributed by atoms with Gasteiger partial charge in [-0.2, -0.15) is 0 Å². The van der Waals surface area contributed by atoms with Gasteiger partial charge in [-0.1, -0.05) is 35.9 Å². The van der Waals surface area contributed by atoms with Crippen molar-refractivity contribution < 1.29 is 9.53 Å². The highest BCUT2D eigenvalue weighted by atomic mass is 35.5. The number of aryl methyl sites for hydroxylation is 1. The highest BCUT2D eigenvalue weighted by Gasteiger charge is 2.08. The molecule has 5 nitrogen and oxygen atoms in total. The average Bonchev–Trinajstić information content (AvgIpc) is 2.77. The van der Waals surface area contributed by atoms with E-state index in [0.29, 0.717) is 22.0 Å². The number of carbonyl (C=O) groups is 1. The topological polar surface area (TPSA) is 64.1 Å².